The van der Waals surface area contributed by atoms with Crippen molar-refractivity contribution >= 4 is 17.6 Å². The van der Waals surface area contributed by atoms with Crippen molar-refractivity contribution in [3.05, 3.63) is 29.3 Å². The summed E-state index contributed by atoms with van der Waals surface area (Å²) in [5.41, 5.74) is -1.86. The van der Waals surface area contributed by atoms with Gasteiger partial charge in [0, 0.05) is 0 Å². The number of halogens is 3. The molecule has 0 spiro atoms. The molecule has 0 saturated carbocycles. The van der Waals surface area contributed by atoms with E-state index in [9.17, 15) is 22.8 Å². The Hall–Kier alpha value is -2.56. The Kier molecular flexibility index (Phi) is 3.56. The zero-order valence-corrected chi connectivity index (χ0v) is 8.58. The molecule has 0 saturated heterocycles. The number of hydrogen-bond donors (Lipinski definition) is 2. The van der Waals surface area contributed by atoms with E-state index in [2.05, 4.69) is 0 Å². The Balaban J connectivity index is 3.20. The Morgan fingerprint density at radius 3 is 2.39 bits per heavy atom. The fraction of sp³-hybridized carbons (Fsp3) is 0.100. The fourth-order valence-corrected chi connectivity index (χ4v) is 1.10. The first-order chi connectivity index (χ1) is 8.25. The van der Waals surface area contributed by atoms with E-state index in [-0.39, 0.29) is 5.56 Å². The van der Waals surface area contributed by atoms with Gasteiger partial charge in [-0.3, -0.25) is 4.79 Å². The van der Waals surface area contributed by atoms with Crippen LogP contribution in [0.2, 0.25) is 0 Å². The van der Waals surface area contributed by atoms with Crippen LogP contribution in [0, 0.1) is 11.3 Å². The van der Waals surface area contributed by atoms with Gasteiger partial charge in [-0.05, 0) is 18.2 Å². The lowest BCUT2D eigenvalue weighted by atomic mass is 10.1. The molecule has 0 aromatic heterocycles. The molecule has 1 aromatic rings. The smallest absolute Gasteiger partial charge is 0.416 e. The average Bonchev–Trinajstić information content (AvgIpc) is 2.27. The molecule has 0 fully saturated rings. The largest absolute Gasteiger partial charge is 0.474 e. The molecule has 0 aliphatic heterocycles. The van der Waals surface area contributed by atoms with E-state index in [1.807, 2.05) is 0 Å². The van der Waals surface area contributed by atoms with Crippen molar-refractivity contribution in [2.24, 2.45) is 0 Å². The summed E-state index contributed by atoms with van der Waals surface area (Å²) >= 11 is 0. The van der Waals surface area contributed by atoms with Crippen LogP contribution in [-0.2, 0) is 15.8 Å². The number of amides is 1. The van der Waals surface area contributed by atoms with Crippen molar-refractivity contribution in [1.82, 2.24) is 0 Å². The predicted molar refractivity (Wildman–Crippen MR) is 52.4 cm³/mol. The first-order valence-corrected chi connectivity index (χ1v) is 4.41. The minimum Gasteiger partial charge on any atom is -0.474 e. The quantitative estimate of drug-likeness (QED) is 0.748. The summed E-state index contributed by atoms with van der Waals surface area (Å²) in [6.07, 6.45) is -4.66. The maximum atomic E-state index is 12.4. The van der Waals surface area contributed by atoms with E-state index in [0.29, 0.717) is 12.1 Å². The fourth-order valence-electron chi connectivity index (χ4n) is 1.10. The van der Waals surface area contributed by atoms with Gasteiger partial charge in [0.15, 0.2) is 0 Å². The molecule has 1 aromatic carbocycles. The highest BCUT2D eigenvalue weighted by Crippen LogP contribution is 2.32. The van der Waals surface area contributed by atoms with Crippen LogP contribution in [0.15, 0.2) is 18.2 Å². The molecular formula is C10H5F3N2O3. The molecule has 0 aliphatic carbocycles. The van der Waals surface area contributed by atoms with Crippen molar-refractivity contribution in [1.29, 1.82) is 5.26 Å². The summed E-state index contributed by atoms with van der Waals surface area (Å²) in [5, 5.41) is 18.7. The number of carbonyl (C=O) groups excluding carboxylic acids is 1. The number of nitriles is 1. The zero-order chi connectivity index (χ0) is 13.9. The minimum atomic E-state index is -4.66. The molecule has 1 amide bonds. The van der Waals surface area contributed by atoms with Gasteiger partial charge in [-0.15, -0.1) is 0 Å². The number of carbonyl (C=O) groups is 2. The van der Waals surface area contributed by atoms with Gasteiger partial charge >= 0.3 is 18.1 Å². The minimum absolute atomic E-state index is 0.266. The highest BCUT2D eigenvalue weighted by Gasteiger charge is 2.31. The third-order valence-electron chi connectivity index (χ3n) is 1.91. The van der Waals surface area contributed by atoms with Gasteiger partial charge in [0.1, 0.15) is 6.07 Å². The van der Waals surface area contributed by atoms with Gasteiger partial charge in [-0.25, -0.2) is 4.79 Å². The van der Waals surface area contributed by atoms with Crippen LogP contribution < -0.4 is 5.32 Å². The molecule has 0 radical (unpaired) electrons. The number of nitrogens with one attached hydrogen (secondary N) is 1. The van der Waals surface area contributed by atoms with Crippen LogP contribution in [0.4, 0.5) is 18.9 Å². The predicted octanol–water partition coefficient (Wildman–Crippen LogP) is 1.60. The number of rotatable bonds is 1. The van der Waals surface area contributed by atoms with Crippen molar-refractivity contribution in [3.8, 4) is 6.07 Å². The van der Waals surface area contributed by atoms with Crippen molar-refractivity contribution in [3.63, 3.8) is 0 Å². The second-order valence-corrected chi connectivity index (χ2v) is 3.13. The molecule has 0 aliphatic rings. The molecule has 18 heavy (non-hydrogen) atoms. The molecule has 8 heteroatoms. The van der Waals surface area contributed by atoms with Gasteiger partial charge in [0.25, 0.3) is 0 Å². The van der Waals surface area contributed by atoms with Crippen molar-refractivity contribution in [2.75, 3.05) is 5.32 Å². The molecule has 94 valence electrons. The number of hydrogen-bond acceptors (Lipinski definition) is 3. The lowest BCUT2D eigenvalue weighted by Crippen LogP contribution is -2.22. The third-order valence-corrected chi connectivity index (χ3v) is 1.91. The van der Waals surface area contributed by atoms with Crippen LogP contribution >= 0.6 is 0 Å². The number of aliphatic carboxylic acids is 1. The van der Waals surface area contributed by atoms with Crippen molar-refractivity contribution < 1.29 is 27.9 Å². The normalized spacial score (nSPS) is 10.6. The summed E-state index contributed by atoms with van der Waals surface area (Å²) in [6, 6.07) is 3.55. The second-order valence-electron chi connectivity index (χ2n) is 3.13. The molecular weight excluding hydrogens is 253 g/mol. The third kappa shape index (κ3) is 2.98. The Morgan fingerprint density at radius 2 is 1.94 bits per heavy atom. The van der Waals surface area contributed by atoms with Crippen LogP contribution in [-0.4, -0.2) is 17.0 Å². The van der Waals surface area contributed by atoms with Crippen LogP contribution in [0.1, 0.15) is 11.1 Å². The lowest BCUT2D eigenvalue weighted by molar-refractivity contribution is -0.147. The molecule has 0 heterocycles. The Labute approximate surface area is 98.4 Å². The SMILES string of the molecule is N#Cc1ccc(C(F)(F)F)cc1NC(=O)C(=O)O. The molecule has 0 bridgehead atoms. The number of alkyl halides is 3. The summed E-state index contributed by atoms with van der Waals surface area (Å²) < 4.78 is 37.2. The Bertz CT molecular complexity index is 546. The van der Waals surface area contributed by atoms with E-state index in [1.165, 1.54) is 0 Å². The van der Waals surface area contributed by atoms with Crippen LogP contribution in [0.5, 0.6) is 0 Å². The molecule has 5 nitrogen and oxygen atoms in total. The number of benzene rings is 1. The average molecular weight is 258 g/mol. The summed E-state index contributed by atoms with van der Waals surface area (Å²) in [6.45, 7) is 0. The Morgan fingerprint density at radius 1 is 1.33 bits per heavy atom. The van der Waals surface area contributed by atoms with E-state index in [0.717, 1.165) is 6.07 Å². The van der Waals surface area contributed by atoms with Gasteiger partial charge in [0.2, 0.25) is 0 Å². The maximum Gasteiger partial charge on any atom is 0.416 e. The first kappa shape index (κ1) is 13.5. The topological polar surface area (TPSA) is 90.2 Å². The van der Waals surface area contributed by atoms with E-state index in [4.69, 9.17) is 10.4 Å². The first-order valence-electron chi connectivity index (χ1n) is 4.41. The van der Waals surface area contributed by atoms with Gasteiger partial charge in [-0.2, -0.15) is 18.4 Å². The number of anilines is 1. The number of carboxylic acids is 1. The second kappa shape index (κ2) is 4.75. The molecule has 0 atom stereocenters. The van der Waals surface area contributed by atoms with Gasteiger partial charge < -0.3 is 10.4 Å². The highest BCUT2D eigenvalue weighted by atomic mass is 19.4. The monoisotopic (exact) mass is 258 g/mol. The van der Waals surface area contributed by atoms with E-state index >= 15 is 0 Å². The van der Waals surface area contributed by atoms with E-state index in [1.54, 1.807) is 11.4 Å². The zero-order valence-electron chi connectivity index (χ0n) is 8.58. The van der Waals surface area contributed by atoms with Crippen LogP contribution in [0.25, 0.3) is 0 Å². The number of carboxylic acid groups (broad SMARTS) is 1. The molecule has 0 unspecified atom stereocenters. The summed E-state index contributed by atoms with van der Waals surface area (Å²) in [4.78, 5) is 21.1. The molecule has 1 rings (SSSR count). The lowest BCUT2D eigenvalue weighted by Gasteiger charge is -2.10. The maximum absolute atomic E-state index is 12.4. The highest BCUT2D eigenvalue weighted by molar-refractivity contribution is 6.36. The summed E-state index contributed by atoms with van der Waals surface area (Å²) in [5.74, 6) is -3.39. The summed E-state index contributed by atoms with van der Waals surface area (Å²) in [7, 11) is 0. The molecule has 2 N–H and O–H groups in total. The van der Waals surface area contributed by atoms with E-state index < -0.39 is 29.3 Å². The standard InChI is InChI=1S/C10H5F3N2O3/c11-10(12,13)6-2-1-5(4-14)7(3-6)15-8(16)9(17)18/h1-3H,(H,15,16)(H,17,18). The van der Waals surface area contributed by atoms with Gasteiger partial charge in [-0.1, -0.05) is 0 Å². The van der Waals surface area contributed by atoms with Crippen LogP contribution in [0.3, 0.4) is 0 Å². The number of nitrogens with zero attached hydrogens (tertiary/aromatic N) is 1. The van der Waals surface area contributed by atoms with Gasteiger partial charge in [0.05, 0.1) is 16.8 Å². The van der Waals surface area contributed by atoms with Crippen molar-refractivity contribution in [2.45, 2.75) is 6.18 Å².